The average Bonchev–Trinajstić information content (AvgIpc) is 3.29. The normalized spacial score (nSPS) is 16.1. The zero-order valence-electron chi connectivity index (χ0n) is 18.7. The lowest BCUT2D eigenvalue weighted by atomic mass is 10.1. The molecule has 0 saturated carbocycles. The van der Waals surface area contributed by atoms with Crippen LogP contribution in [0.2, 0.25) is 0 Å². The summed E-state index contributed by atoms with van der Waals surface area (Å²) >= 11 is 3.02. The zero-order chi connectivity index (χ0) is 26.0. The summed E-state index contributed by atoms with van der Waals surface area (Å²) in [5, 5.41) is 3.40. The number of rotatable bonds is 13. The van der Waals surface area contributed by atoms with Crippen molar-refractivity contribution in [3.63, 3.8) is 0 Å². The van der Waals surface area contributed by atoms with Crippen LogP contribution in [0.15, 0.2) is 10.6 Å². The van der Waals surface area contributed by atoms with Crippen LogP contribution in [0.5, 0.6) is 0 Å². The predicted molar refractivity (Wildman–Crippen MR) is 117 cm³/mol. The van der Waals surface area contributed by atoms with Crippen molar-refractivity contribution in [2.45, 2.75) is 64.2 Å². The fraction of sp³-hybridized carbons (Fsp3) is 0.524. The van der Waals surface area contributed by atoms with Crippen LogP contribution in [0.25, 0.3) is 0 Å². The Hall–Kier alpha value is -3.42. The summed E-state index contributed by atoms with van der Waals surface area (Å²) in [6.45, 7) is 0.0882. The highest BCUT2D eigenvalue weighted by Crippen LogP contribution is 2.15. The van der Waals surface area contributed by atoms with E-state index in [1.54, 1.807) is 0 Å². The number of unbranched alkanes of at least 4 members (excludes halogenated alkanes) is 1. The Morgan fingerprint density at radius 1 is 0.743 bits per heavy atom. The molecular weight excluding hydrogens is 534 g/mol. The van der Waals surface area contributed by atoms with Crippen LogP contribution >= 0.6 is 15.9 Å². The maximum Gasteiger partial charge on any atom is 0.333 e. The summed E-state index contributed by atoms with van der Waals surface area (Å²) in [6, 6.07) is 0. The van der Waals surface area contributed by atoms with Gasteiger partial charge in [-0.2, -0.15) is 0 Å². The van der Waals surface area contributed by atoms with E-state index in [1.165, 1.54) is 0 Å². The first kappa shape index (κ1) is 27.8. The molecule has 0 aromatic heterocycles. The Kier molecular flexibility index (Phi) is 10.7. The molecule has 0 bridgehead atoms. The topological polar surface area (TPSA) is 174 Å². The van der Waals surface area contributed by atoms with Crippen LogP contribution in [-0.2, 0) is 48.0 Å². The predicted octanol–water partition coefficient (Wildman–Crippen LogP) is 0.505. The Balaban J connectivity index is 1.58. The van der Waals surface area contributed by atoms with Gasteiger partial charge < -0.3 is 15.0 Å². The number of hydrogen-bond donors (Lipinski definition) is 1. The van der Waals surface area contributed by atoms with Gasteiger partial charge in [0.1, 0.15) is 0 Å². The maximum absolute atomic E-state index is 12.1. The Bertz CT molecular complexity index is 929. The van der Waals surface area contributed by atoms with Gasteiger partial charge in [-0.1, -0.05) is 0 Å². The van der Waals surface area contributed by atoms with Crippen LogP contribution in [0.3, 0.4) is 0 Å². The Morgan fingerprint density at radius 3 is 1.66 bits per heavy atom. The first-order chi connectivity index (χ1) is 16.6. The molecule has 14 heteroatoms. The lowest BCUT2D eigenvalue weighted by Gasteiger charge is -2.12. The number of Topliss-reactive ketones (excluding diaryl/α,β-unsaturated/α-hetero) is 1. The first-order valence-corrected chi connectivity index (χ1v) is 11.7. The van der Waals surface area contributed by atoms with E-state index in [2.05, 4.69) is 21.2 Å². The quantitative estimate of drug-likeness (QED) is 0.191. The van der Waals surface area contributed by atoms with Gasteiger partial charge in [0.25, 0.3) is 23.6 Å². The minimum absolute atomic E-state index is 0.00227. The van der Waals surface area contributed by atoms with Crippen LogP contribution in [-0.4, -0.2) is 63.9 Å². The highest BCUT2D eigenvalue weighted by Gasteiger charge is 2.33. The van der Waals surface area contributed by atoms with Crippen molar-refractivity contribution in [3.05, 3.63) is 10.6 Å². The molecule has 0 spiro atoms. The number of imide groups is 2. The van der Waals surface area contributed by atoms with Crippen LogP contribution in [0.4, 0.5) is 0 Å². The number of hydrogen-bond acceptors (Lipinski definition) is 10. The van der Waals surface area contributed by atoms with E-state index in [4.69, 9.17) is 9.68 Å². The summed E-state index contributed by atoms with van der Waals surface area (Å²) in [5.41, 5.74) is 0. The molecule has 0 atom stereocenters. The standard InChI is InChI=1S/C21H24BrN3O10/c22-13(14(26)4-1-2-5-20(32)34-24-16(28)7-8-17(24)29)12-15(27)23-11-3-6-21(33)35-25-18(30)9-10-19(25)31/h12H,1-11H2,(H,23,27)/b13-12-. The first-order valence-electron chi connectivity index (χ1n) is 10.9. The van der Waals surface area contributed by atoms with E-state index in [1.807, 2.05) is 0 Å². The summed E-state index contributed by atoms with van der Waals surface area (Å²) in [5.74, 6) is -4.77. The van der Waals surface area contributed by atoms with Gasteiger partial charge in [0.15, 0.2) is 5.78 Å². The minimum atomic E-state index is -0.780. The van der Waals surface area contributed by atoms with Gasteiger partial charge in [0, 0.05) is 57.6 Å². The molecule has 35 heavy (non-hydrogen) atoms. The van der Waals surface area contributed by atoms with Crippen molar-refractivity contribution >= 4 is 63.2 Å². The molecule has 0 aliphatic carbocycles. The van der Waals surface area contributed by atoms with Gasteiger partial charge in [-0.15, -0.1) is 10.1 Å². The largest absolute Gasteiger partial charge is 0.353 e. The van der Waals surface area contributed by atoms with Crippen molar-refractivity contribution in [2.75, 3.05) is 6.54 Å². The third kappa shape index (κ3) is 9.03. The van der Waals surface area contributed by atoms with E-state index in [-0.39, 0.29) is 74.6 Å². The molecule has 2 fully saturated rings. The van der Waals surface area contributed by atoms with E-state index in [0.717, 1.165) is 6.08 Å². The number of carbonyl (C=O) groups excluding carboxylic acids is 8. The summed E-state index contributed by atoms with van der Waals surface area (Å²) < 4.78 is 0.0244. The van der Waals surface area contributed by atoms with Crippen LogP contribution in [0, 0.1) is 0 Å². The number of ketones is 1. The summed E-state index contributed by atoms with van der Waals surface area (Å²) in [4.78, 5) is 102. The van der Waals surface area contributed by atoms with Crippen molar-refractivity contribution in [2.24, 2.45) is 0 Å². The summed E-state index contributed by atoms with van der Waals surface area (Å²) in [7, 11) is 0. The SMILES string of the molecule is O=C(/C=C(\Br)C(=O)CCCCC(=O)ON1C(=O)CCC1=O)NCCCC(=O)ON1C(=O)CCC1=O. The van der Waals surface area contributed by atoms with E-state index < -0.39 is 41.5 Å². The molecule has 2 saturated heterocycles. The van der Waals surface area contributed by atoms with Crippen molar-refractivity contribution in [1.29, 1.82) is 0 Å². The molecule has 2 aliphatic rings. The minimum Gasteiger partial charge on any atom is -0.353 e. The van der Waals surface area contributed by atoms with Gasteiger partial charge >= 0.3 is 11.9 Å². The summed E-state index contributed by atoms with van der Waals surface area (Å²) in [6.07, 6.45) is 1.63. The highest BCUT2D eigenvalue weighted by atomic mass is 79.9. The molecule has 13 nitrogen and oxygen atoms in total. The van der Waals surface area contributed by atoms with E-state index in [9.17, 15) is 38.4 Å². The molecule has 1 N–H and O–H groups in total. The highest BCUT2D eigenvalue weighted by molar-refractivity contribution is 9.12. The molecule has 0 aromatic rings. The zero-order valence-corrected chi connectivity index (χ0v) is 20.3. The average molecular weight is 558 g/mol. The number of halogens is 1. The Labute approximate surface area is 208 Å². The second kappa shape index (κ2) is 13.5. The molecule has 0 radical (unpaired) electrons. The third-order valence-corrected chi connectivity index (χ3v) is 5.48. The fourth-order valence-electron chi connectivity index (χ4n) is 2.98. The molecular formula is C21H24BrN3O10. The lowest BCUT2D eigenvalue weighted by molar-refractivity contribution is -0.197. The van der Waals surface area contributed by atoms with Gasteiger partial charge in [0.05, 0.1) is 4.48 Å². The number of allylic oxidation sites excluding steroid dienone is 1. The van der Waals surface area contributed by atoms with E-state index >= 15 is 0 Å². The molecule has 2 aliphatic heterocycles. The van der Waals surface area contributed by atoms with Gasteiger partial charge in [-0.3, -0.25) is 28.8 Å². The van der Waals surface area contributed by atoms with Crippen molar-refractivity contribution in [3.8, 4) is 0 Å². The number of carbonyl (C=O) groups is 8. The molecule has 2 heterocycles. The molecule has 0 aromatic carbocycles. The van der Waals surface area contributed by atoms with Gasteiger partial charge in [-0.25, -0.2) is 9.59 Å². The van der Waals surface area contributed by atoms with Crippen molar-refractivity contribution in [1.82, 2.24) is 15.4 Å². The molecule has 2 rings (SSSR count). The molecule has 0 unspecified atom stereocenters. The molecule has 190 valence electrons. The molecule has 5 amide bonds. The van der Waals surface area contributed by atoms with Gasteiger partial charge in [0.2, 0.25) is 5.91 Å². The fourth-order valence-corrected chi connectivity index (χ4v) is 3.38. The number of amides is 5. The van der Waals surface area contributed by atoms with E-state index in [0.29, 0.717) is 16.5 Å². The van der Waals surface area contributed by atoms with Crippen molar-refractivity contribution < 1.29 is 48.0 Å². The maximum atomic E-state index is 12.1. The number of hydroxylamine groups is 4. The monoisotopic (exact) mass is 557 g/mol. The number of nitrogens with zero attached hydrogens (tertiary/aromatic N) is 2. The van der Waals surface area contributed by atoms with Crippen LogP contribution in [0.1, 0.15) is 64.2 Å². The van der Waals surface area contributed by atoms with Crippen LogP contribution < -0.4 is 5.32 Å². The second-order valence-corrected chi connectivity index (χ2v) is 8.46. The Morgan fingerprint density at radius 2 is 1.17 bits per heavy atom. The third-order valence-electron chi connectivity index (χ3n) is 4.81. The smallest absolute Gasteiger partial charge is 0.333 e. The number of nitrogens with one attached hydrogen (secondary N) is 1. The van der Waals surface area contributed by atoms with Gasteiger partial charge in [-0.05, 0) is 35.2 Å². The second-order valence-electron chi connectivity index (χ2n) is 7.61. The lowest BCUT2D eigenvalue weighted by Crippen LogP contribution is -2.32.